The lowest BCUT2D eigenvalue weighted by molar-refractivity contribution is 0.104. The van der Waals surface area contributed by atoms with E-state index < -0.39 is 0 Å². The first-order valence-corrected chi connectivity index (χ1v) is 6.97. The Bertz CT molecular complexity index is 705. The Balaban J connectivity index is 2.25. The maximum Gasteiger partial charge on any atom is 0.186 e. The summed E-state index contributed by atoms with van der Waals surface area (Å²) in [6.45, 7) is 1.85. The Labute approximate surface area is 129 Å². The number of benzene rings is 2. The molecule has 0 aromatic heterocycles. The summed E-state index contributed by atoms with van der Waals surface area (Å²) >= 11 is 0. The van der Waals surface area contributed by atoms with Gasteiger partial charge >= 0.3 is 0 Å². The van der Waals surface area contributed by atoms with Crippen LogP contribution in [0.2, 0.25) is 0 Å². The minimum atomic E-state index is -0.206. The smallest absolute Gasteiger partial charge is 0.186 e. The molecule has 114 valence electrons. The minimum absolute atomic E-state index is 0.0632. The zero-order valence-corrected chi connectivity index (χ0v) is 12.6. The standard InChI is InChI=1S/C18H19NO3/c1-12(19)14-5-3-4-6-15(14)16(20)9-7-13-8-10-17(21)18(11-13)22-2/h3-12,21H,19H2,1-2H3. The molecule has 0 amide bonds. The summed E-state index contributed by atoms with van der Waals surface area (Å²) in [7, 11) is 1.48. The van der Waals surface area contributed by atoms with Crippen molar-refractivity contribution in [2.24, 2.45) is 5.73 Å². The molecule has 2 rings (SSSR count). The molecule has 0 saturated carbocycles. The van der Waals surface area contributed by atoms with Crippen LogP contribution in [0.1, 0.15) is 34.5 Å². The van der Waals surface area contributed by atoms with Crippen molar-refractivity contribution >= 4 is 11.9 Å². The first-order chi connectivity index (χ1) is 10.5. The fraction of sp³-hybridized carbons (Fsp3) is 0.167. The highest BCUT2D eigenvalue weighted by molar-refractivity contribution is 6.07. The first kappa shape index (κ1) is 15.8. The number of phenols is 1. The highest BCUT2D eigenvalue weighted by Gasteiger charge is 2.11. The SMILES string of the molecule is COc1cc(C=CC(=O)c2ccccc2C(C)N)ccc1O. The van der Waals surface area contributed by atoms with Gasteiger partial charge in [-0.3, -0.25) is 4.79 Å². The number of hydrogen-bond donors (Lipinski definition) is 2. The van der Waals surface area contributed by atoms with Crippen molar-refractivity contribution in [3.63, 3.8) is 0 Å². The highest BCUT2D eigenvalue weighted by atomic mass is 16.5. The molecule has 0 fully saturated rings. The van der Waals surface area contributed by atoms with Crippen LogP contribution in [0.3, 0.4) is 0 Å². The summed E-state index contributed by atoms with van der Waals surface area (Å²) < 4.78 is 5.04. The molecular weight excluding hydrogens is 278 g/mol. The van der Waals surface area contributed by atoms with Crippen molar-refractivity contribution < 1.29 is 14.6 Å². The van der Waals surface area contributed by atoms with Crippen molar-refractivity contribution in [3.8, 4) is 11.5 Å². The number of ketones is 1. The van der Waals surface area contributed by atoms with Crippen LogP contribution in [0.15, 0.2) is 48.5 Å². The topological polar surface area (TPSA) is 72.5 Å². The molecule has 0 saturated heterocycles. The quantitative estimate of drug-likeness (QED) is 0.656. The molecule has 1 unspecified atom stereocenters. The van der Waals surface area contributed by atoms with E-state index in [4.69, 9.17) is 10.5 Å². The van der Waals surface area contributed by atoms with Crippen LogP contribution in [0.25, 0.3) is 6.08 Å². The highest BCUT2D eigenvalue weighted by Crippen LogP contribution is 2.27. The number of nitrogens with two attached hydrogens (primary N) is 1. The van der Waals surface area contributed by atoms with Gasteiger partial charge in [0.05, 0.1) is 7.11 Å². The van der Waals surface area contributed by atoms with Gasteiger partial charge < -0.3 is 15.6 Å². The van der Waals surface area contributed by atoms with E-state index in [1.165, 1.54) is 19.3 Å². The second-order valence-corrected chi connectivity index (χ2v) is 5.00. The van der Waals surface area contributed by atoms with Gasteiger partial charge in [-0.1, -0.05) is 36.4 Å². The molecular formula is C18H19NO3. The third kappa shape index (κ3) is 3.54. The molecule has 0 radical (unpaired) electrons. The molecule has 4 nitrogen and oxygen atoms in total. The molecule has 22 heavy (non-hydrogen) atoms. The van der Waals surface area contributed by atoms with E-state index in [2.05, 4.69) is 0 Å². The van der Waals surface area contributed by atoms with E-state index in [1.807, 2.05) is 25.1 Å². The molecule has 0 bridgehead atoms. The van der Waals surface area contributed by atoms with Crippen LogP contribution in [0, 0.1) is 0 Å². The number of ether oxygens (including phenoxy) is 1. The van der Waals surface area contributed by atoms with Gasteiger partial charge in [0, 0.05) is 11.6 Å². The minimum Gasteiger partial charge on any atom is -0.504 e. The number of rotatable bonds is 5. The number of carbonyl (C=O) groups excluding carboxylic acids is 1. The normalized spacial score (nSPS) is 12.3. The number of phenolic OH excluding ortho intramolecular Hbond substituents is 1. The lowest BCUT2D eigenvalue weighted by Gasteiger charge is -2.10. The largest absolute Gasteiger partial charge is 0.504 e. The van der Waals surface area contributed by atoms with Gasteiger partial charge in [0.1, 0.15) is 0 Å². The number of allylic oxidation sites excluding steroid dienone is 1. The Hall–Kier alpha value is -2.59. The van der Waals surface area contributed by atoms with Gasteiger partial charge in [-0.15, -0.1) is 0 Å². The van der Waals surface area contributed by atoms with E-state index in [1.54, 1.807) is 24.3 Å². The molecule has 0 heterocycles. The monoisotopic (exact) mass is 297 g/mol. The molecule has 0 aliphatic rings. The van der Waals surface area contributed by atoms with Crippen LogP contribution in [-0.4, -0.2) is 18.0 Å². The summed E-state index contributed by atoms with van der Waals surface area (Å²) in [6.07, 6.45) is 3.18. The number of carbonyl (C=O) groups is 1. The summed E-state index contributed by atoms with van der Waals surface area (Å²) in [5.41, 5.74) is 8.08. The molecule has 3 N–H and O–H groups in total. The number of hydrogen-bond acceptors (Lipinski definition) is 4. The van der Waals surface area contributed by atoms with Crippen molar-refractivity contribution in [1.29, 1.82) is 0 Å². The Kier molecular flexibility index (Phi) is 4.96. The van der Waals surface area contributed by atoms with E-state index in [0.717, 1.165) is 11.1 Å². The van der Waals surface area contributed by atoms with Gasteiger partial charge in [0.2, 0.25) is 0 Å². The molecule has 1 atom stereocenters. The fourth-order valence-corrected chi connectivity index (χ4v) is 2.18. The van der Waals surface area contributed by atoms with E-state index in [-0.39, 0.29) is 17.6 Å². The summed E-state index contributed by atoms with van der Waals surface area (Å²) in [5.74, 6) is 0.318. The molecule has 0 aliphatic carbocycles. The van der Waals surface area contributed by atoms with Gasteiger partial charge in [-0.25, -0.2) is 0 Å². The maximum absolute atomic E-state index is 12.3. The molecule has 2 aromatic carbocycles. The molecule has 0 aliphatic heterocycles. The van der Waals surface area contributed by atoms with Crippen LogP contribution >= 0.6 is 0 Å². The zero-order chi connectivity index (χ0) is 16.1. The third-order valence-electron chi connectivity index (χ3n) is 3.35. The molecule has 0 spiro atoms. The average Bonchev–Trinajstić information content (AvgIpc) is 2.53. The van der Waals surface area contributed by atoms with Gasteiger partial charge in [0.25, 0.3) is 0 Å². The molecule has 4 heteroatoms. The Morgan fingerprint density at radius 2 is 2.00 bits per heavy atom. The maximum atomic E-state index is 12.3. The first-order valence-electron chi connectivity index (χ1n) is 6.97. The van der Waals surface area contributed by atoms with Crippen molar-refractivity contribution in [2.75, 3.05) is 7.11 Å². The van der Waals surface area contributed by atoms with E-state index >= 15 is 0 Å². The van der Waals surface area contributed by atoms with Crippen molar-refractivity contribution in [2.45, 2.75) is 13.0 Å². The van der Waals surface area contributed by atoms with E-state index in [9.17, 15) is 9.90 Å². The predicted molar refractivity (Wildman–Crippen MR) is 87.1 cm³/mol. The van der Waals surface area contributed by atoms with Gasteiger partial charge in [-0.2, -0.15) is 0 Å². The predicted octanol–water partition coefficient (Wildman–Crippen LogP) is 3.32. The average molecular weight is 297 g/mol. The fourth-order valence-electron chi connectivity index (χ4n) is 2.18. The lowest BCUT2D eigenvalue weighted by atomic mass is 9.98. The summed E-state index contributed by atoms with van der Waals surface area (Å²) in [5, 5.41) is 9.56. The van der Waals surface area contributed by atoms with Gasteiger partial charge in [-0.05, 0) is 36.3 Å². The second-order valence-electron chi connectivity index (χ2n) is 5.00. The van der Waals surface area contributed by atoms with Crippen LogP contribution in [0.4, 0.5) is 0 Å². The summed E-state index contributed by atoms with van der Waals surface area (Å²) in [6, 6.07) is 12.0. The summed E-state index contributed by atoms with van der Waals surface area (Å²) in [4.78, 5) is 12.3. The van der Waals surface area contributed by atoms with Gasteiger partial charge in [0.15, 0.2) is 17.3 Å². The number of aromatic hydroxyl groups is 1. The van der Waals surface area contributed by atoms with Crippen molar-refractivity contribution in [1.82, 2.24) is 0 Å². The number of methoxy groups -OCH3 is 1. The Morgan fingerprint density at radius 1 is 1.27 bits per heavy atom. The van der Waals surface area contributed by atoms with Crippen LogP contribution in [0.5, 0.6) is 11.5 Å². The van der Waals surface area contributed by atoms with Crippen LogP contribution < -0.4 is 10.5 Å². The zero-order valence-electron chi connectivity index (χ0n) is 12.6. The third-order valence-corrected chi connectivity index (χ3v) is 3.35. The second kappa shape index (κ2) is 6.91. The van der Waals surface area contributed by atoms with Crippen molar-refractivity contribution in [3.05, 3.63) is 65.2 Å². The lowest BCUT2D eigenvalue weighted by Crippen LogP contribution is -2.10. The molecule has 2 aromatic rings. The Morgan fingerprint density at radius 3 is 2.68 bits per heavy atom. The van der Waals surface area contributed by atoms with Crippen LogP contribution in [-0.2, 0) is 0 Å². The van der Waals surface area contributed by atoms with E-state index in [0.29, 0.717) is 11.3 Å².